The standard InChI is InChI=1S/C12H13Br2NS2/c1-2-15-10(11-3-4-12(14)17-11)6-9-5-8(13)7-16-9/h3-5,7,10,15H,2,6H2,1H3. The van der Waals surface area contributed by atoms with Crippen molar-refractivity contribution in [1.82, 2.24) is 5.32 Å². The van der Waals surface area contributed by atoms with Gasteiger partial charge in [0.25, 0.3) is 0 Å². The largest absolute Gasteiger partial charge is 0.309 e. The lowest BCUT2D eigenvalue weighted by atomic mass is 10.1. The molecule has 0 bridgehead atoms. The van der Waals surface area contributed by atoms with Gasteiger partial charge in [-0.05, 0) is 56.6 Å². The first kappa shape index (κ1) is 13.7. The maximum Gasteiger partial charge on any atom is 0.0701 e. The fourth-order valence-electron chi connectivity index (χ4n) is 1.70. The van der Waals surface area contributed by atoms with Crippen molar-refractivity contribution in [2.45, 2.75) is 19.4 Å². The van der Waals surface area contributed by atoms with Crippen LogP contribution in [0.4, 0.5) is 0 Å². The van der Waals surface area contributed by atoms with Gasteiger partial charge in [0.15, 0.2) is 0 Å². The summed E-state index contributed by atoms with van der Waals surface area (Å²) in [5.41, 5.74) is 0. The summed E-state index contributed by atoms with van der Waals surface area (Å²) in [5, 5.41) is 5.69. The molecular weight excluding hydrogens is 382 g/mol. The smallest absolute Gasteiger partial charge is 0.0701 e. The highest BCUT2D eigenvalue weighted by Crippen LogP contribution is 2.31. The van der Waals surface area contributed by atoms with E-state index in [2.05, 4.69) is 67.7 Å². The second-order valence-corrected chi connectivity index (χ2v) is 8.09. The van der Waals surface area contributed by atoms with Crippen molar-refractivity contribution in [3.63, 3.8) is 0 Å². The molecule has 0 saturated heterocycles. The molecule has 1 nitrogen and oxygen atoms in total. The topological polar surface area (TPSA) is 12.0 Å². The molecule has 17 heavy (non-hydrogen) atoms. The van der Waals surface area contributed by atoms with Gasteiger partial charge in [0.05, 0.1) is 3.79 Å². The van der Waals surface area contributed by atoms with Crippen molar-refractivity contribution in [3.8, 4) is 0 Å². The third-order valence-electron chi connectivity index (χ3n) is 2.42. The van der Waals surface area contributed by atoms with Crippen LogP contribution in [0.2, 0.25) is 0 Å². The number of rotatable bonds is 5. The quantitative estimate of drug-likeness (QED) is 0.732. The maximum atomic E-state index is 3.55. The zero-order valence-corrected chi connectivity index (χ0v) is 14.2. The lowest BCUT2D eigenvalue weighted by molar-refractivity contribution is 0.562. The van der Waals surface area contributed by atoms with E-state index in [9.17, 15) is 0 Å². The number of hydrogen-bond donors (Lipinski definition) is 1. The van der Waals surface area contributed by atoms with E-state index < -0.39 is 0 Å². The molecule has 0 radical (unpaired) electrons. The summed E-state index contributed by atoms with van der Waals surface area (Å²) in [6.45, 7) is 3.15. The van der Waals surface area contributed by atoms with Gasteiger partial charge >= 0.3 is 0 Å². The van der Waals surface area contributed by atoms with Crippen molar-refractivity contribution < 1.29 is 0 Å². The Morgan fingerprint density at radius 3 is 2.71 bits per heavy atom. The highest BCUT2D eigenvalue weighted by molar-refractivity contribution is 9.11. The summed E-state index contributed by atoms with van der Waals surface area (Å²) < 4.78 is 2.38. The fraction of sp³-hybridized carbons (Fsp3) is 0.333. The Balaban J connectivity index is 2.12. The zero-order valence-electron chi connectivity index (χ0n) is 9.37. The maximum absolute atomic E-state index is 3.55. The Hall–Kier alpha value is 0.320. The van der Waals surface area contributed by atoms with E-state index in [1.165, 1.54) is 18.0 Å². The Morgan fingerprint density at radius 2 is 2.18 bits per heavy atom. The average molecular weight is 395 g/mol. The van der Waals surface area contributed by atoms with Crippen molar-refractivity contribution in [2.75, 3.05) is 6.54 Å². The van der Waals surface area contributed by atoms with Gasteiger partial charge in [-0.3, -0.25) is 0 Å². The molecule has 0 aliphatic heterocycles. The molecule has 1 atom stereocenters. The predicted molar refractivity (Wildman–Crippen MR) is 84.2 cm³/mol. The lowest BCUT2D eigenvalue weighted by Crippen LogP contribution is -2.21. The number of nitrogens with one attached hydrogen (secondary N) is 1. The van der Waals surface area contributed by atoms with Crippen LogP contribution in [0.1, 0.15) is 22.7 Å². The summed E-state index contributed by atoms with van der Waals surface area (Å²) in [6.07, 6.45) is 1.05. The van der Waals surface area contributed by atoms with Crippen molar-refractivity contribution in [2.24, 2.45) is 0 Å². The van der Waals surface area contributed by atoms with Gasteiger partial charge in [-0.15, -0.1) is 22.7 Å². The van der Waals surface area contributed by atoms with Gasteiger partial charge < -0.3 is 5.32 Å². The van der Waals surface area contributed by atoms with Crippen LogP contribution in [0.25, 0.3) is 0 Å². The van der Waals surface area contributed by atoms with E-state index in [1.54, 1.807) is 0 Å². The summed E-state index contributed by atoms with van der Waals surface area (Å²) in [6, 6.07) is 6.94. The minimum atomic E-state index is 0.418. The van der Waals surface area contributed by atoms with E-state index in [4.69, 9.17) is 0 Å². The molecule has 1 unspecified atom stereocenters. The minimum absolute atomic E-state index is 0.418. The lowest BCUT2D eigenvalue weighted by Gasteiger charge is -2.15. The van der Waals surface area contributed by atoms with Crippen LogP contribution in [0.5, 0.6) is 0 Å². The Kier molecular flexibility index (Phi) is 5.24. The second-order valence-electron chi connectivity index (χ2n) is 3.69. The molecule has 0 fully saturated rings. The summed E-state index contributed by atoms with van der Waals surface area (Å²) >= 11 is 10.7. The fourth-order valence-corrected chi connectivity index (χ4v) is 4.69. The SMILES string of the molecule is CCNC(Cc1cc(Br)cs1)c1ccc(Br)s1. The van der Waals surface area contributed by atoms with Crippen LogP contribution < -0.4 is 5.32 Å². The van der Waals surface area contributed by atoms with Gasteiger partial charge in [0, 0.05) is 32.1 Å². The number of thiophene rings is 2. The molecule has 92 valence electrons. The van der Waals surface area contributed by atoms with Gasteiger partial charge in [-0.2, -0.15) is 0 Å². The predicted octanol–water partition coefficient (Wildman–Crippen LogP) is 5.23. The van der Waals surface area contributed by atoms with Crippen LogP contribution in [-0.4, -0.2) is 6.54 Å². The van der Waals surface area contributed by atoms with Gasteiger partial charge in [-0.25, -0.2) is 0 Å². The number of likely N-dealkylation sites (N-methyl/N-ethyl adjacent to an activating group) is 1. The average Bonchev–Trinajstić information content (AvgIpc) is 2.87. The second kappa shape index (κ2) is 6.48. The van der Waals surface area contributed by atoms with Crippen LogP contribution in [-0.2, 0) is 6.42 Å². The van der Waals surface area contributed by atoms with Gasteiger partial charge in [0.2, 0.25) is 0 Å². The van der Waals surface area contributed by atoms with Crippen molar-refractivity contribution in [1.29, 1.82) is 0 Å². The van der Waals surface area contributed by atoms with E-state index in [0.29, 0.717) is 6.04 Å². The third-order valence-corrected chi connectivity index (χ3v) is 5.87. The molecule has 2 heterocycles. The first-order valence-corrected chi connectivity index (χ1v) is 8.68. The zero-order chi connectivity index (χ0) is 12.3. The number of hydrogen-bond acceptors (Lipinski definition) is 3. The summed E-state index contributed by atoms with van der Waals surface area (Å²) in [5.74, 6) is 0. The minimum Gasteiger partial charge on any atom is -0.309 e. The highest BCUT2D eigenvalue weighted by atomic mass is 79.9. The van der Waals surface area contributed by atoms with Crippen molar-refractivity contribution in [3.05, 3.63) is 41.6 Å². The van der Waals surface area contributed by atoms with Gasteiger partial charge in [-0.1, -0.05) is 6.92 Å². The molecule has 0 aromatic carbocycles. The molecule has 0 amide bonds. The van der Waals surface area contributed by atoms with Crippen LogP contribution >= 0.6 is 54.5 Å². The van der Waals surface area contributed by atoms with Crippen LogP contribution in [0.15, 0.2) is 31.8 Å². The highest BCUT2D eigenvalue weighted by Gasteiger charge is 2.14. The molecule has 2 rings (SSSR count). The summed E-state index contributed by atoms with van der Waals surface area (Å²) in [7, 11) is 0. The molecule has 2 aromatic heterocycles. The van der Waals surface area contributed by atoms with Gasteiger partial charge in [0.1, 0.15) is 0 Å². The molecule has 0 aliphatic carbocycles. The Labute approximate surface area is 127 Å². The molecular formula is C12H13Br2NS2. The molecule has 5 heteroatoms. The first-order valence-electron chi connectivity index (χ1n) is 5.40. The van der Waals surface area contributed by atoms with Crippen LogP contribution in [0.3, 0.4) is 0 Å². The molecule has 0 saturated carbocycles. The monoisotopic (exact) mass is 393 g/mol. The van der Waals surface area contributed by atoms with E-state index in [0.717, 1.165) is 13.0 Å². The van der Waals surface area contributed by atoms with Crippen molar-refractivity contribution >= 4 is 54.5 Å². The van der Waals surface area contributed by atoms with E-state index in [-0.39, 0.29) is 0 Å². The molecule has 2 aromatic rings. The molecule has 1 N–H and O–H groups in total. The summed E-state index contributed by atoms with van der Waals surface area (Å²) in [4.78, 5) is 2.80. The Morgan fingerprint density at radius 1 is 1.35 bits per heavy atom. The van der Waals surface area contributed by atoms with Crippen LogP contribution in [0, 0.1) is 0 Å². The Bertz CT molecular complexity index is 478. The third kappa shape index (κ3) is 3.89. The van der Waals surface area contributed by atoms with E-state index >= 15 is 0 Å². The normalized spacial score (nSPS) is 12.9. The number of halogens is 2. The molecule has 0 aliphatic rings. The molecule has 0 spiro atoms. The first-order chi connectivity index (χ1) is 8.19. The van der Waals surface area contributed by atoms with E-state index in [1.807, 2.05) is 22.7 Å².